The SMILES string of the molecule is CC(CCO)CNC(=O)c1cc2occc2[nH]1. The second-order valence-corrected chi connectivity index (χ2v) is 4.21. The van der Waals surface area contributed by atoms with Gasteiger partial charge in [-0.3, -0.25) is 4.79 Å². The summed E-state index contributed by atoms with van der Waals surface area (Å²) in [4.78, 5) is 14.8. The number of H-pyrrole nitrogens is 1. The van der Waals surface area contributed by atoms with Crippen LogP contribution in [0.2, 0.25) is 0 Å². The zero-order valence-electron chi connectivity index (χ0n) is 9.69. The Kier molecular flexibility index (Phi) is 3.49. The second-order valence-electron chi connectivity index (χ2n) is 4.21. The lowest BCUT2D eigenvalue weighted by Gasteiger charge is -2.10. The lowest BCUT2D eigenvalue weighted by atomic mass is 10.1. The number of nitrogens with one attached hydrogen (secondary N) is 2. The number of hydrogen-bond donors (Lipinski definition) is 3. The van der Waals surface area contributed by atoms with Crippen molar-refractivity contribution in [2.24, 2.45) is 5.92 Å². The molecule has 0 spiro atoms. The first-order valence-electron chi connectivity index (χ1n) is 5.66. The summed E-state index contributed by atoms with van der Waals surface area (Å²) in [7, 11) is 0. The molecule has 2 aromatic rings. The molecule has 0 aliphatic rings. The van der Waals surface area contributed by atoms with Crippen LogP contribution in [-0.2, 0) is 0 Å². The number of aliphatic hydroxyl groups excluding tert-OH is 1. The summed E-state index contributed by atoms with van der Waals surface area (Å²) >= 11 is 0. The van der Waals surface area contributed by atoms with Crippen LogP contribution in [0.25, 0.3) is 11.1 Å². The number of furan rings is 1. The van der Waals surface area contributed by atoms with E-state index in [4.69, 9.17) is 9.52 Å². The highest BCUT2D eigenvalue weighted by molar-refractivity contribution is 5.96. The minimum atomic E-state index is -0.152. The van der Waals surface area contributed by atoms with Gasteiger partial charge < -0.3 is 19.8 Å². The third-order valence-corrected chi connectivity index (χ3v) is 2.72. The monoisotopic (exact) mass is 236 g/mol. The highest BCUT2D eigenvalue weighted by Gasteiger charge is 2.11. The molecule has 0 aromatic carbocycles. The van der Waals surface area contributed by atoms with Crippen LogP contribution in [0.5, 0.6) is 0 Å². The van der Waals surface area contributed by atoms with Gasteiger partial charge in [0.25, 0.3) is 5.91 Å². The number of rotatable bonds is 5. The molecule has 0 fully saturated rings. The first kappa shape index (κ1) is 11.7. The van der Waals surface area contributed by atoms with E-state index in [2.05, 4.69) is 10.3 Å². The number of aliphatic hydroxyl groups is 1. The van der Waals surface area contributed by atoms with Gasteiger partial charge in [0.1, 0.15) is 5.69 Å². The lowest BCUT2D eigenvalue weighted by molar-refractivity contribution is 0.0941. The summed E-state index contributed by atoms with van der Waals surface area (Å²) in [5, 5.41) is 11.6. The molecule has 2 heterocycles. The maximum atomic E-state index is 11.8. The topological polar surface area (TPSA) is 78.3 Å². The van der Waals surface area contributed by atoms with Gasteiger partial charge in [-0.25, -0.2) is 0 Å². The molecule has 1 atom stereocenters. The number of carbonyl (C=O) groups is 1. The third kappa shape index (κ3) is 2.68. The van der Waals surface area contributed by atoms with Crippen LogP contribution in [-0.4, -0.2) is 29.1 Å². The van der Waals surface area contributed by atoms with Crippen molar-refractivity contribution in [2.45, 2.75) is 13.3 Å². The minimum Gasteiger partial charge on any atom is -0.463 e. The Hall–Kier alpha value is -1.75. The fourth-order valence-corrected chi connectivity index (χ4v) is 1.66. The molecule has 3 N–H and O–H groups in total. The van der Waals surface area contributed by atoms with E-state index in [0.29, 0.717) is 24.2 Å². The number of aromatic nitrogens is 1. The lowest BCUT2D eigenvalue weighted by Crippen LogP contribution is -2.28. The summed E-state index contributed by atoms with van der Waals surface area (Å²) in [5.74, 6) is 0.114. The summed E-state index contributed by atoms with van der Waals surface area (Å²) in [6.07, 6.45) is 2.26. The highest BCUT2D eigenvalue weighted by Crippen LogP contribution is 2.15. The van der Waals surface area contributed by atoms with Crippen molar-refractivity contribution in [2.75, 3.05) is 13.2 Å². The molecule has 92 valence electrons. The van der Waals surface area contributed by atoms with Gasteiger partial charge in [0, 0.05) is 25.3 Å². The Labute approximate surface area is 98.8 Å². The van der Waals surface area contributed by atoms with Crippen molar-refractivity contribution in [3.05, 3.63) is 24.1 Å². The number of fused-ring (bicyclic) bond motifs is 1. The highest BCUT2D eigenvalue weighted by atomic mass is 16.3. The Morgan fingerprint density at radius 3 is 3.18 bits per heavy atom. The Bertz CT molecular complexity index is 472. The third-order valence-electron chi connectivity index (χ3n) is 2.72. The molecule has 2 rings (SSSR count). The Balaban J connectivity index is 1.94. The van der Waals surface area contributed by atoms with E-state index in [0.717, 1.165) is 5.52 Å². The first-order chi connectivity index (χ1) is 8.20. The molecule has 5 heteroatoms. The molecule has 0 aliphatic carbocycles. The van der Waals surface area contributed by atoms with Crippen molar-refractivity contribution in [3.63, 3.8) is 0 Å². The van der Waals surface area contributed by atoms with E-state index in [-0.39, 0.29) is 18.4 Å². The van der Waals surface area contributed by atoms with E-state index in [9.17, 15) is 4.79 Å². The predicted molar refractivity (Wildman–Crippen MR) is 63.8 cm³/mol. The first-order valence-corrected chi connectivity index (χ1v) is 5.66. The summed E-state index contributed by atoms with van der Waals surface area (Å²) in [6.45, 7) is 2.68. The summed E-state index contributed by atoms with van der Waals surface area (Å²) in [6, 6.07) is 3.46. The number of aromatic amines is 1. The predicted octanol–water partition coefficient (Wildman–Crippen LogP) is 1.51. The largest absolute Gasteiger partial charge is 0.463 e. The standard InChI is InChI=1S/C12H16N2O3/c1-8(2-4-15)7-13-12(16)10-6-11-9(14-10)3-5-17-11/h3,5-6,8,14-15H,2,4,7H2,1H3,(H,13,16). The molecule has 2 aromatic heterocycles. The fourth-order valence-electron chi connectivity index (χ4n) is 1.66. The van der Waals surface area contributed by atoms with Crippen LogP contribution in [0.4, 0.5) is 0 Å². The summed E-state index contributed by atoms with van der Waals surface area (Å²) < 4.78 is 5.17. The second kappa shape index (κ2) is 5.05. The Morgan fingerprint density at radius 1 is 1.65 bits per heavy atom. The van der Waals surface area contributed by atoms with Gasteiger partial charge in [0.05, 0.1) is 11.8 Å². The van der Waals surface area contributed by atoms with Gasteiger partial charge in [-0.1, -0.05) is 6.92 Å². The smallest absolute Gasteiger partial charge is 0.267 e. The maximum Gasteiger partial charge on any atom is 0.267 e. The maximum absolute atomic E-state index is 11.8. The molecule has 0 aliphatic heterocycles. The van der Waals surface area contributed by atoms with Crippen molar-refractivity contribution < 1.29 is 14.3 Å². The average molecular weight is 236 g/mol. The van der Waals surface area contributed by atoms with E-state index < -0.39 is 0 Å². The minimum absolute atomic E-state index is 0.145. The van der Waals surface area contributed by atoms with Crippen molar-refractivity contribution in [3.8, 4) is 0 Å². The number of amides is 1. The molecular formula is C12H16N2O3. The normalized spacial score (nSPS) is 12.8. The molecule has 1 amide bonds. The van der Waals surface area contributed by atoms with Gasteiger partial charge in [0.2, 0.25) is 0 Å². The van der Waals surface area contributed by atoms with Crippen LogP contribution in [0.15, 0.2) is 22.8 Å². The Morgan fingerprint density at radius 2 is 2.47 bits per heavy atom. The fraction of sp³-hybridized carbons (Fsp3) is 0.417. The van der Waals surface area contributed by atoms with Gasteiger partial charge >= 0.3 is 0 Å². The molecule has 1 unspecified atom stereocenters. The quantitative estimate of drug-likeness (QED) is 0.736. The summed E-state index contributed by atoms with van der Waals surface area (Å²) in [5.41, 5.74) is 1.99. The van der Waals surface area contributed by atoms with E-state index in [1.54, 1.807) is 18.4 Å². The molecule has 17 heavy (non-hydrogen) atoms. The zero-order chi connectivity index (χ0) is 12.3. The number of carbonyl (C=O) groups excluding carboxylic acids is 1. The van der Waals surface area contributed by atoms with Crippen molar-refractivity contribution in [1.29, 1.82) is 0 Å². The van der Waals surface area contributed by atoms with Crippen LogP contribution >= 0.6 is 0 Å². The molecular weight excluding hydrogens is 220 g/mol. The zero-order valence-corrected chi connectivity index (χ0v) is 9.69. The van der Waals surface area contributed by atoms with Crippen molar-refractivity contribution >= 4 is 17.0 Å². The number of hydrogen-bond acceptors (Lipinski definition) is 3. The van der Waals surface area contributed by atoms with Gasteiger partial charge in [0.15, 0.2) is 5.58 Å². The molecule has 0 bridgehead atoms. The van der Waals surface area contributed by atoms with Gasteiger partial charge in [-0.2, -0.15) is 0 Å². The average Bonchev–Trinajstić information content (AvgIpc) is 2.86. The van der Waals surface area contributed by atoms with Crippen molar-refractivity contribution in [1.82, 2.24) is 10.3 Å². The van der Waals surface area contributed by atoms with Gasteiger partial charge in [-0.05, 0) is 12.3 Å². The molecule has 5 nitrogen and oxygen atoms in total. The van der Waals surface area contributed by atoms with Crippen LogP contribution < -0.4 is 5.32 Å². The van der Waals surface area contributed by atoms with E-state index in [1.807, 2.05) is 6.92 Å². The molecule has 0 saturated carbocycles. The molecule has 0 radical (unpaired) electrons. The van der Waals surface area contributed by atoms with E-state index in [1.165, 1.54) is 0 Å². The van der Waals surface area contributed by atoms with E-state index >= 15 is 0 Å². The van der Waals surface area contributed by atoms with Crippen LogP contribution in [0, 0.1) is 5.92 Å². The molecule has 0 saturated heterocycles. The van der Waals surface area contributed by atoms with Crippen LogP contribution in [0.3, 0.4) is 0 Å². The van der Waals surface area contributed by atoms with Gasteiger partial charge in [-0.15, -0.1) is 0 Å². The van der Waals surface area contributed by atoms with Crippen LogP contribution in [0.1, 0.15) is 23.8 Å².